The lowest BCUT2D eigenvalue weighted by molar-refractivity contribution is -0.137. The number of nitrogens with one attached hydrogen (secondary N) is 1. The van der Waals surface area contributed by atoms with Gasteiger partial charge < -0.3 is 24.8 Å². The third-order valence-electron chi connectivity index (χ3n) is 7.07. The number of hydrogen-bond donors (Lipinski definition) is 1. The first-order valence-corrected chi connectivity index (χ1v) is 11.9. The van der Waals surface area contributed by atoms with Crippen LogP contribution < -0.4 is 15.0 Å². The number of amides is 3. The van der Waals surface area contributed by atoms with Gasteiger partial charge in [0.25, 0.3) is 11.8 Å². The molecule has 5 rings (SSSR count). The van der Waals surface area contributed by atoms with E-state index in [1.54, 1.807) is 29.0 Å². The summed E-state index contributed by atoms with van der Waals surface area (Å²) in [6, 6.07) is 17.3. The molecular weight excluding hydrogens is 432 g/mol. The summed E-state index contributed by atoms with van der Waals surface area (Å²) < 4.78 is 5.37. The molecule has 0 radical (unpaired) electrons. The molecular formula is C26H30N4O4. The minimum atomic E-state index is -0.765. The average molecular weight is 463 g/mol. The van der Waals surface area contributed by atoms with E-state index in [0.717, 1.165) is 18.5 Å². The number of carbonyl (C=O) groups excluding carboxylic acids is 3. The smallest absolute Gasteiger partial charge is 0.257 e. The van der Waals surface area contributed by atoms with Gasteiger partial charge in [0.1, 0.15) is 17.8 Å². The van der Waals surface area contributed by atoms with Crippen LogP contribution in [0.4, 0.5) is 5.69 Å². The van der Waals surface area contributed by atoms with E-state index in [4.69, 9.17) is 4.74 Å². The zero-order valence-corrected chi connectivity index (χ0v) is 19.4. The molecule has 2 aromatic carbocycles. The molecule has 3 fully saturated rings. The normalized spacial score (nSPS) is 19.4. The van der Waals surface area contributed by atoms with Crippen LogP contribution in [-0.4, -0.2) is 72.5 Å². The van der Waals surface area contributed by atoms with Crippen molar-refractivity contribution in [3.63, 3.8) is 0 Å². The molecule has 2 heterocycles. The van der Waals surface area contributed by atoms with Gasteiger partial charge in [-0.2, -0.15) is 0 Å². The lowest BCUT2D eigenvalue weighted by Crippen LogP contribution is -2.57. The Morgan fingerprint density at radius 2 is 1.71 bits per heavy atom. The van der Waals surface area contributed by atoms with E-state index < -0.39 is 5.54 Å². The summed E-state index contributed by atoms with van der Waals surface area (Å²) in [5.74, 6) is 0.310. The number of piperidine rings is 1. The summed E-state index contributed by atoms with van der Waals surface area (Å²) in [6.45, 7) is 1.33. The van der Waals surface area contributed by atoms with Gasteiger partial charge in [-0.3, -0.25) is 14.4 Å². The molecule has 0 atom stereocenters. The number of methoxy groups -OCH3 is 1. The highest BCUT2D eigenvalue weighted by molar-refractivity contribution is 5.99. The van der Waals surface area contributed by atoms with Crippen molar-refractivity contribution in [2.75, 3.05) is 38.3 Å². The fourth-order valence-corrected chi connectivity index (χ4v) is 5.07. The quantitative estimate of drug-likeness (QED) is 0.712. The summed E-state index contributed by atoms with van der Waals surface area (Å²) in [4.78, 5) is 45.0. The first kappa shape index (κ1) is 22.3. The Morgan fingerprint density at radius 3 is 2.38 bits per heavy atom. The number of rotatable bonds is 6. The van der Waals surface area contributed by atoms with Crippen molar-refractivity contribution in [1.82, 2.24) is 15.1 Å². The maximum Gasteiger partial charge on any atom is 0.257 e. The van der Waals surface area contributed by atoms with Gasteiger partial charge in [0.15, 0.2) is 0 Å². The molecule has 1 aliphatic carbocycles. The highest BCUT2D eigenvalue weighted by atomic mass is 16.5. The summed E-state index contributed by atoms with van der Waals surface area (Å²) >= 11 is 0. The molecule has 178 valence electrons. The molecule has 1 N–H and O–H groups in total. The molecule has 2 saturated heterocycles. The van der Waals surface area contributed by atoms with E-state index in [9.17, 15) is 14.4 Å². The van der Waals surface area contributed by atoms with Gasteiger partial charge in [0.05, 0.1) is 19.3 Å². The van der Waals surface area contributed by atoms with Crippen LogP contribution >= 0.6 is 0 Å². The molecule has 8 heteroatoms. The first-order valence-electron chi connectivity index (χ1n) is 11.9. The van der Waals surface area contributed by atoms with Gasteiger partial charge in [-0.15, -0.1) is 0 Å². The zero-order valence-electron chi connectivity index (χ0n) is 19.4. The number of carbonyl (C=O) groups is 3. The number of anilines is 1. The Kier molecular flexibility index (Phi) is 5.89. The second kappa shape index (κ2) is 9.00. The fourth-order valence-electron chi connectivity index (χ4n) is 5.07. The highest BCUT2D eigenvalue weighted by Gasteiger charge is 2.54. The number of nitrogens with zero attached hydrogens (tertiary/aromatic N) is 3. The van der Waals surface area contributed by atoms with Crippen LogP contribution in [0.3, 0.4) is 0 Å². The summed E-state index contributed by atoms with van der Waals surface area (Å²) in [5.41, 5.74) is 0.709. The molecule has 0 bridgehead atoms. The Bertz CT molecular complexity index is 1080. The number of likely N-dealkylation sites (tertiary alicyclic amines) is 1. The van der Waals surface area contributed by atoms with Crippen LogP contribution in [-0.2, 0) is 9.59 Å². The van der Waals surface area contributed by atoms with Gasteiger partial charge in [-0.25, -0.2) is 0 Å². The highest BCUT2D eigenvalue weighted by Crippen LogP contribution is 2.40. The van der Waals surface area contributed by atoms with E-state index >= 15 is 0 Å². The van der Waals surface area contributed by atoms with E-state index in [0.29, 0.717) is 43.9 Å². The minimum Gasteiger partial charge on any atom is -0.496 e. The van der Waals surface area contributed by atoms with Crippen molar-refractivity contribution in [2.24, 2.45) is 0 Å². The maximum absolute atomic E-state index is 13.7. The predicted molar refractivity (Wildman–Crippen MR) is 128 cm³/mol. The average Bonchev–Trinajstić information content (AvgIpc) is 3.65. The zero-order chi connectivity index (χ0) is 23.7. The van der Waals surface area contributed by atoms with Gasteiger partial charge in [0, 0.05) is 24.8 Å². The number of para-hydroxylation sites is 2. The molecule has 2 aliphatic heterocycles. The van der Waals surface area contributed by atoms with E-state index in [2.05, 4.69) is 10.2 Å². The van der Waals surface area contributed by atoms with E-state index in [1.165, 1.54) is 0 Å². The van der Waals surface area contributed by atoms with E-state index in [-0.39, 0.29) is 30.3 Å². The Balaban J connectivity index is 1.36. The number of ether oxygens (including phenoxy) is 1. The van der Waals surface area contributed by atoms with Crippen molar-refractivity contribution >= 4 is 23.4 Å². The predicted octanol–water partition coefficient (Wildman–Crippen LogP) is 2.25. The molecule has 3 amide bonds. The summed E-state index contributed by atoms with van der Waals surface area (Å²) in [5, 5.41) is 2.98. The van der Waals surface area contributed by atoms with Crippen LogP contribution in [0.25, 0.3) is 0 Å². The largest absolute Gasteiger partial charge is 0.496 e. The molecule has 2 aromatic rings. The second-order valence-corrected chi connectivity index (χ2v) is 9.27. The van der Waals surface area contributed by atoms with Crippen LogP contribution in [0.5, 0.6) is 5.75 Å². The molecule has 8 nitrogen and oxygen atoms in total. The van der Waals surface area contributed by atoms with Gasteiger partial charge >= 0.3 is 0 Å². The molecule has 34 heavy (non-hydrogen) atoms. The van der Waals surface area contributed by atoms with Crippen molar-refractivity contribution in [1.29, 1.82) is 0 Å². The fraction of sp³-hybridized carbons (Fsp3) is 0.423. The van der Waals surface area contributed by atoms with Gasteiger partial charge in [-0.1, -0.05) is 30.3 Å². The SMILES string of the molecule is COc1ccccc1C(=O)N1CCC2(CC1)C(=O)N(CC(=O)NC1CC1)CN2c1ccccc1. The van der Waals surface area contributed by atoms with Crippen molar-refractivity contribution in [2.45, 2.75) is 37.3 Å². The minimum absolute atomic E-state index is 0.0355. The first-order chi connectivity index (χ1) is 16.5. The van der Waals surface area contributed by atoms with Crippen molar-refractivity contribution in [3.05, 3.63) is 60.2 Å². The molecule has 0 aromatic heterocycles. The lowest BCUT2D eigenvalue weighted by Gasteiger charge is -2.43. The summed E-state index contributed by atoms with van der Waals surface area (Å²) in [7, 11) is 1.56. The monoisotopic (exact) mass is 462 g/mol. The Labute approximate surface area is 199 Å². The van der Waals surface area contributed by atoms with Gasteiger partial charge in [0.2, 0.25) is 5.91 Å². The molecule has 1 spiro atoms. The molecule has 3 aliphatic rings. The van der Waals surface area contributed by atoms with Crippen LogP contribution in [0, 0.1) is 0 Å². The Morgan fingerprint density at radius 1 is 1.03 bits per heavy atom. The van der Waals surface area contributed by atoms with Crippen LogP contribution in [0.15, 0.2) is 54.6 Å². The third kappa shape index (κ3) is 4.08. The standard InChI is InChI=1S/C26H30N4O4/c1-34-22-10-6-5-9-21(22)24(32)28-15-13-26(14-16-28)25(33)29(17-23(31)27-19-11-12-19)18-30(26)20-7-3-2-4-8-20/h2-10,19H,11-18H2,1H3,(H,27,31). The maximum atomic E-state index is 13.7. The molecule has 0 unspecified atom stereocenters. The third-order valence-corrected chi connectivity index (χ3v) is 7.07. The van der Waals surface area contributed by atoms with E-state index in [1.807, 2.05) is 42.5 Å². The number of hydrogen-bond acceptors (Lipinski definition) is 5. The Hall–Kier alpha value is -3.55. The molecule has 1 saturated carbocycles. The number of benzene rings is 2. The second-order valence-electron chi connectivity index (χ2n) is 9.27. The lowest BCUT2D eigenvalue weighted by atomic mass is 9.85. The van der Waals surface area contributed by atoms with Crippen molar-refractivity contribution in [3.8, 4) is 5.75 Å². The van der Waals surface area contributed by atoms with Crippen molar-refractivity contribution < 1.29 is 19.1 Å². The van der Waals surface area contributed by atoms with Crippen LogP contribution in [0.2, 0.25) is 0 Å². The topological polar surface area (TPSA) is 82.2 Å². The summed E-state index contributed by atoms with van der Waals surface area (Å²) in [6.07, 6.45) is 3.02. The van der Waals surface area contributed by atoms with Crippen LogP contribution in [0.1, 0.15) is 36.0 Å². The van der Waals surface area contributed by atoms with Gasteiger partial charge in [-0.05, 0) is 49.9 Å².